The van der Waals surface area contributed by atoms with Gasteiger partial charge in [-0.3, -0.25) is 14.9 Å². The standard InChI is InChI=1S/C20H15N3O4/c1-11-7-8-12(2)14(9-11)19-22-23-20(27-19)21-18(25)17-10-15(24)13-5-3-4-6-16(13)26-17/h3-10H,1-2H3,(H,21,23,25). The largest absolute Gasteiger partial charge is 0.451 e. The van der Waals surface area contributed by atoms with Gasteiger partial charge in [-0.1, -0.05) is 34.9 Å². The highest BCUT2D eigenvalue weighted by molar-refractivity contribution is 6.01. The Balaban J connectivity index is 1.62. The number of hydrogen-bond donors (Lipinski definition) is 1. The molecule has 0 aliphatic heterocycles. The van der Waals surface area contributed by atoms with Gasteiger partial charge < -0.3 is 8.83 Å². The number of aromatic nitrogens is 2. The molecular formula is C20H15N3O4. The minimum Gasteiger partial charge on any atom is -0.451 e. The van der Waals surface area contributed by atoms with Gasteiger partial charge in [0.2, 0.25) is 5.89 Å². The first-order valence-corrected chi connectivity index (χ1v) is 8.26. The third-order valence-electron chi connectivity index (χ3n) is 4.13. The maximum Gasteiger partial charge on any atom is 0.322 e. The summed E-state index contributed by atoms with van der Waals surface area (Å²) in [6, 6.07) is 13.6. The lowest BCUT2D eigenvalue weighted by Crippen LogP contribution is -2.15. The van der Waals surface area contributed by atoms with Gasteiger partial charge in [0.15, 0.2) is 11.2 Å². The molecule has 0 radical (unpaired) electrons. The van der Waals surface area contributed by atoms with Crippen molar-refractivity contribution in [2.45, 2.75) is 13.8 Å². The Bertz CT molecular complexity index is 1220. The molecule has 27 heavy (non-hydrogen) atoms. The second-order valence-electron chi connectivity index (χ2n) is 6.16. The molecule has 134 valence electrons. The van der Waals surface area contributed by atoms with Gasteiger partial charge >= 0.3 is 6.01 Å². The van der Waals surface area contributed by atoms with Crippen molar-refractivity contribution in [1.82, 2.24) is 10.2 Å². The number of hydrogen-bond acceptors (Lipinski definition) is 6. The minimum absolute atomic E-state index is 0.0771. The molecule has 0 spiro atoms. The lowest BCUT2D eigenvalue weighted by Gasteiger charge is -2.03. The molecule has 7 nitrogen and oxygen atoms in total. The van der Waals surface area contributed by atoms with E-state index in [0.717, 1.165) is 22.8 Å². The number of anilines is 1. The molecular weight excluding hydrogens is 346 g/mol. The van der Waals surface area contributed by atoms with Crippen LogP contribution in [0, 0.1) is 13.8 Å². The van der Waals surface area contributed by atoms with E-state index in [9.17, 15) is 9.59 Å². The lowest BCUT2D eigenvalue weighted by atomic mass is 10.1. The molecule has 0 unspecified atom stereocenters. The van der Waals surface area contributed by atoms with E-state index in [1.807, 2.05) is 32.0 Å². The van der Waals surface area contributed by atoms with Crippen LogP contribution >= 0.6 is 0 Å². The van der Waals surface area contributed by atoms with E-state index in [1.54, 1.807) is 24.3 Å². The summed E-state index contributed by atoms with van der Waals surface area (Å²) in [5.74, 6) is -0.481. The molecule has 0 bridgehead atoms. The van der Waals surface area contributed by atoms with Crippen molar-refractivity contribution in [1.29, 1.82) is 0 Å². The maximum absolute atomic E-state index is 12.4. The lowest BCUT2D eigenvalue weighted by molar-refractivity contribution is 0.0994. The van der Waals surface area contributed by atoms with Crippen LogP contribution in [0.3, 0.4) is 0 Å². The van der Waals surface area contributed by atoms with Gasteiger partial charge in [0, 0.05) is 11.6 Å². The molecule has 2 heterocycles. The number of carbonyl (C=O) groups excluding carboxylic acids is 1. The molecule has 0 aliphatic carbocycles. The van der Waals surface area contributed by atoms with E-state index in [0.29, 0.717) is 16.9 Å². The zero-order valence-electron chi connectivity index (χ0n) is 14.6. The Morgan fingerprint density at radius 1 is 1.00 bits per heavy atom. The van der Waals surface area contributed by atoms with Crippen LogP contribution in [0.5, 0.6) is 0 Å². The highest BCUT2D eigenvalue weighted by Gasteiger charge is 2.17. The Hall–Kier alpha value is -3.74. The highest BCUT2D eigenvalue weighted by Crippen LogP contribution is 2.24. The fourth-order valence-electron chi connectivity index (χ4n) is 2.72. The van der Waals surface area contributed by atoms with E-state index in [1.165, 1.54) is 0 Å². The van der Waals surface area contributed by atoms with Gasteiger partial charge in [-0.2, -0.15) is 0 Å². The number of amides is 1. The molecule has 1 amide bonds. The van der Waals surface area contributed by atoms with E-state index in [4.69, 9.17) is 8.83 Å². The fourth-order valence-corrected chi connectivity index (χ4v) is 2.72. The van der Waals surface area contributed by atoms with Crippen molar-refractivity contribution >= 4 is 22.9 Å². The predicted molar refractivity (Wildman–Crippen MR) is 99.6 cm³/mol. The SMILES string of the molecule is Cc1ccc(C)c(-c2nnc(NC(=O)c3cc(=O)c4ccccc4o3)o2)c1. The van der Waals surface area contributed by atoms with E-state index in [2.05, 4.69) is 15.5 Å². The molecule has 0 fully saturated rings. The normalized spacial score (nSPS) is 10.9. The number of para-hydroxylation sites is 1. The number of fused-ring (bicyclic) bond motifs is 1. The van der Waals surface area contributed by atoms with Gasteiger partial charge in [0.25, 0.3) is 5.91 Å². The first kappa shape index (κ1) is 16.7. The zero-order chi connectivity index (χ0) is 19.0. The molecule has 0 aliphatic rings. The topological polar surface area (TPSA) is 98.2 Å². The number of carbonyl (C=O) groups is 1. The van der Waals surface area contributed by atoms with Gasteiger partial charge in [0.05, 0.1) is 5.39 Å². The average molecular weight is 361 g/mol. The van der Waals surface area contributed by atoms with Gasteiger partial charge in [-0.05, 0) is 37.6 Å². The van der Waals surface area contributed by atoms with Crippen molar-refractivity contribution in [2.75, 3.05) is 5.32 Å². The van der Waals surface area contributed by atoms with Crippen LogP contribution < -0.4 is 10.7 Å². The fraction of sp³-hybridized carbons (Fsp3) is 0.100. The van der Waals surface area contributed by atoms with Crippen LogP contribution in [0.1, 0.15) is 21.7 Å². The first-order chi connectivity index (χ1) is 13.0. The summed E-state index contributed by atoms with van der Waals surface area (Å²) in [5, 5.41) is 10.7. The van der Waals surface area contributed by atoms with Gasteiger partial charge in [0.1, 0.15) is 5.58 Å². The molecule has 0 saturated carbocycles. The van der Waals surface area contributed by atoms with Crippen LogP contribution in [-0.2, 0) is 0 Å². The Morgan fingerprint density at radius 2 is 1.81 bits per heavy atom. The third-order valence-corrected chi connectivity index (χ3v) is 4.13. The average Bonchev–Trinajstić information content (AvgIpc) is 3.12. The summed E-state index contributed by atoms with van der Waals surface area (Å²) >= 11 is 0. The highest BCUT2D eigenvalue weighted by atomic mass is 16.4. The number of aryl methyl sites for hydroxylation is 2. The van der Waals surface area contributed by atoms with Crippen LogP contribution in [-0.4, -0.2) is 16.1 Å². The van der Waals surface area contributed by atoms with Crippen molar-refractivity contribution in [3.63, 3.8) is 0 Å². The molecule has 1 N–H and O–H groups in total. The minimum atomic E-state index is -0.644. The van der Waals surface area contributed by atoms with Crippen molar-refractivity contribution in [3.8, 4) is 11.5 Å². The number of nitrogens with zero attached hydrogens (tertiary/aromatic N) is 2. The number of nitrogens with one attached hydrogen (secondary N) is 1. The van der Waals surface area contributed by atoms with Crippen molar-refractivity contribution in [3.05, 3.63) is 75.6 Å². The zero-order valence-corrected chi connectivity index (χ0v) is 14.6. The first-order valence-electron chi connectivity index (χ1n) is 8.26. The molecule has 4 aromatic rings. The smallest absolute Gasteiger partial charge is 0.322 e. The third kappa shape index (κ3) is 3.22. The number of rotatable bonds is 3. The van der Waals surface area contributed by atoms with Gasteiger partial charge in [-0.25, -0.2) is 0 Å². The van der Waals surface area contributed by atoms with Crippen molar-refractivity contribution in [2.24, 2.45) is 0 Å². The van der Waals surface area contributed by atoms with Crippen molar-refractivity contribution < 1.29 is 13.6 Å². The quantitative estimate of drug-likeness (QED) is 0.597. The molecule has 7 heteroatoms. The van der Waals surface area contributed by atoms with Crippen LogP contribution in [0.15, 0.2) is 62.2 Å². The second kappa shape index (κ2) is 6.53. The summed E-state index contributed by atoms with van der Waals surface area (Å²) in [4.78, 5) is 24.5. The van der Waals surface area contributed by atoms with Crippen LogP contribution in [0.2, 0.25) is 0 Å². The van der Waals surface area contributed by atoms with Gasteiger partial charge in [-0.15, -0.1) is 5.10 Å². The monoisotopic (exact) mass is 361 g/mol. The molecule has 0 saturated heterocycles. The Labute approximate surface area is 153 Å². The van der Waals surface area contributed by atoms with E-state index in [-0.39, 0.29) is 17.2 Å². The Morgan fingerprint density at radius 3 is 2.67 bits per heavy atom. The van der Waals surface area contributed by atoms with E-state index < -0.39 is 5.91 Å². The molecule has 2 aromatic heterocycles. The molecule has 0 atom stereocenters. The summed E-state index contributed by atoms with van der Waals surface area (Å²) < 4.78 is 11.0. The van der Waals surface area contributed by atoms with Crippen LogP contribution in [0.4, 0.5) is 6.01 Å². The second-order valence-corrected chi connectivity index (χ2v) is 6.16. The summed E-state index contributed by atoms with van der Waals surface area (Å²) in [5.41, 5.74) is 2.85. The Kier molecular flexibility index (Phi) is 4.04. The van der Waals surface area contributed by atoms with Crippen LogP contribution in [0.25, 0.3) is 22.4 Å². The van der Waals surface area contributed by atoms with E-state index >= 15 is 0 Å². The molecule has 2 aromatic carbocycles. The predicted octanol–water partition coefficient (Wildman–Crippen LogP) is 3.71. The summed E-state index contributed by atoms with van der Waals surface area (Å²) in [7, 11) is 0. The number of benzene rings is 2. The summed E-state index contributed by atoms with van der Waals surface area (Å²) in [6.45, 7) is 3.89. The summed E-state index contributed by atoms with van der Waals surface area (Å²) in [6.07, 6.45) is 0. The maximum atomic E-state index is 12.4. The molecule has 4 rings (SSSR count).